The van der Waals surface area contributed by atoms with E-state index in [1.807, 2.05) is 6.92 Å². The molecule has 0 aliphatic heterocycles. The number of aliphatic hydroxyl groups is 1. The van der Waals surface area contributed by atoms with E-state index in [9.17, 15) is 4.79 Å². The number of carbonyl (C=O) groups excluding carboxylic acids is 1. The van der Waals surface area contributed by atoms with Crippen LogP contribution in [0.1, 0.15) is 19.8 Å². The van der Waals surface area contributed by atoms with E-state index < -0.39 is 0 Å². The number of aliphatic hydroxyl groups excluding tert-OH is 1. The quantitative estimate of drug-likeness (QED) is 0.630. The molecule has 1 amide bonds. The predicted octanol–water partition coefficient (Wildman–Crippen LogP) is 0.925. The number of nitrogens with one attached hydrogen (secondary N) is 1. The van der Waals surface area contributed by atoms with Crippen LogP contribution in [0.2, 0.25) is 0 Å². The number of hydrogen-bond donors (Lipinski definition) is 3. The molecule has 5 nitrogen and oxygen atoms in total. The summed E-state index contributed by atoms with van der Waals surface area (Å²) in [7, 11) is 0. The van der Waals surface area contributed by atoms with Gasteiger partial charge < -0.3 is 20.9 Å². The van der Waals surface area contributed by atoms with Crippen molar-refractivity contribution in [2.45, 2.75) is 25.8 Å². The minimum atomic E-state index is -0.197. The lowest BCUT2D eigenvalue weighted by atomic mass is 10.1. The molecule has 4 N–H and O–H groups in total. The van der Waals surface area contributed by atoms with Crippen LogP contribution < -0.4 is 15.8 Å². The average Bonchev–Trinajstić information content (AvgIpc) is 2.36. The first-order valence-corrected chi connectivity index (χ1v) is 6.04. The van der Waals surface area contributed by atoms with Crippen molar-refractivity contribution in [1.29, 1.82) is 0 Å². The Balaban J connectivity index is 2.36. The van der Waals surface area contributed by atoms with Gasteiger partial charge in [-0.3, -0.25) is 4.79 Å². The molecule has 0 aromatic heterocycles. The zero-order chi connectivity index (χ0) is 13.4. The Labute approximate surface area is 107 Å². The monoisotopic (exact) mass is 252 g/mol. The van der Waals surface area contributed by atoms with Gasteiger partial charge in [-0.15, -0.1) is 0 Å². The Morgan fingerprint density at radius 2 is 2.33 bits per heavy atom. The normalized spacial score (nSPS) is 11.9. The summed E-state index contributed by atoms with van der Waals surface area (Å²) in [6, 6.07) is 6.92. The lowest BCUT2D eigenvalue weighted by molar-refractivity contribution is -0.123. The third-order valence-electron chi connectivity index (χ3n) is 2.56. The minimum Gasteiger partial charge on any atom is -0.484 e. The Hall–Kier alpha value is -1.75. The first-order chi connectivity index (χ1) is 8.65. The fourth-order valence-electron chi connectivity index (χ4n) is 1.56. The highest BCUT2D eigenvalue weighted by molar-refractivity contribution is 5.77. The second-order valence-electron chi connectivity index (χ2n) is 4.05. The van der Waals surface area contributed by atoms with Gasteiger partial charge in [-0.2, -0.15) is 0 Å². The second-order valence-corrected chi connectivity index (χ2v) is 4.05. The molecule has 1 unspecified atom stereocenters. The second kappa shape index (κ2) is 7.55. The van der Waals surface area contributed by atoms with Crippen molar-refractivity contribution in [3.63, 3.8) is 0 Å². The average molecular weight is 252 g/mol. The molecule has 0 radical (unpaired) electrons. The van der Waals surface area contributed by atoms with Gasteiger partial charge in [-0.05, 0) is 25.0 Å². The van der Waals surface area contributed by atoms with Gasteiger partial charge >= 0.3 is 0 Å². The summed E-state index contributed by atoms with van der Waals surface area (Å²) in [5.41, 5.74) is 6.20. The van der Waals surface area contributed by atoms with Gasteiger partial charge in [0.15, 0.2) is 6.61 Å². The largest absolute Gasteiger partial charge is 0.484 e. The molecule has 1 aromatic carbocycles. The van der Waals surface area contributed by atoms with Crippen LogP contribution in [-0.4, -0.2) is 30.3 Å². The van der Waals surface area contributed by atoms with Gasteiger partial charge in [0.2, 0.25) is 0 Å². The molecule has 1 aromatic rings. The van der Waals surface area contributed by atoms with E-state index in [0.717, 1.165) is 6.42 Å². The van der Waals surface area contributed by atoms with E-state index in [0.29, 0.717) is 17.9 Å². The van der Waals surface area contributed by atoms with Gasteiger partial charge in [-0.1, -0.05) is 13.0 Å². The van der Waals surface area contributed by atoms with Crippen molar-refractivity contribution in [1.82, 2.24) is 5.32 Å². The smallest absolute Gasteiger partial charge is 0.258 e. The van der Waals surface area contributed by atoms with E-state index in [4.69, 9.17) is 15.6 Å². The molecule has 0 aliphatic rings. The van der Waals surface area contributed by atoms with Crippen LogP contribution in [0.3, 0.4) is 0 Å². The zero-order valence-electron chi connectivity index (χ0n) is 10.6. The number of hydrogen-bond acceptors (Lipinski definition) is 4. The maximum absolute atomic E-state index is 11.6. The highest BCUT2D eigenvalue weighted by Gasteiger charge is 2.10. The topological polar surface area (TPSA) is 84.6 Å². The van der Waals surface area contributed by atoms with Crippen molar-refractivity contribution in [2.75, 3.05) is 18.9 Å². The molecule has 100 valence electrons. The van der Waals surface area contributed by atoms with Crippen LogP contribution in [0.25, 0.3) is 0 Å². The van der Waals surface area contributed by atoms with E-state index >= 15 is 0 Å². The number of amides is 1. The summed E-state index contributed by atoms with van der Waals surface area (Å²) >= 11 is 0. The molecule has 0 heterocycles. The van der Waals surface area contributed by atoms with Crippen LogP contribution >= 0.6 is 0 Å². The summed E-state index contributed by atoms with van der Waals surface area (Å²) < 4.78 is 5.32. The van der Waals surface area contributed by atoms with Crippen LogP contribution in [-0.2, 0) is 4.79 Å². The highest BCUT2D eigenvalue weighted by atomic mass is 16.5. The summed E-state index contributed by atoms with van der Waals surface area (Å²) in [5, 5.41) is 11.6. The molecule has 0 fully saturated rings. The molecule has 0 spiro atoms. The Morgan fingerprint density at radius 3 is 2.94 bits per heavy atom. The lowest BCUT2D eigenvalue weighted by Crippen LogP contribution is -2.38. The van der Waals surface area contributed by atoms with Crippen molar-refractivity contribution in [3.05, 3.63) is 24.3 Å². The predicted molar refractivity (Wildman–Crippen MR) is 70.3 cm³/mol. The van der Waals surface area contributed by atoms with E-state index in [2.05, 4.69) is 5.32 Å². The standard InChI is InChI=1S/C13H20N2O3/c1-2-11(6-7-16)15-13(17)9-18-12-5-3-4-10(14)8-12/h3-5,8,11,16H,2,6-7,9,14H2,1H3,(H,15,17). The van der Waals surface area contributed by atoms with Gasteiger partial charge in [0.1, 0.15) is 5.75 Å². The van der Waals surface area contributed by atoms with Crippen molar-refractivity contribution in [3.8, 4) is 5.75 Å². The van der Waals surface area contributed by atoms with Crippen LogP contribution in [0.4, 0.5) is 5.69 Å². The summed E-state index contributed by atoms with van der Waals surface area (Å²) in [4.78, 5) is 11.6. The Kier molecular flexibility index (Phi) is 6.00. The van der Waals surface area contributed by atoms with Gasteiger partial charge in [0, 0.05) is 24.4 Å². The maximum atomic E-state index is 11.6. The molecule has 0 saturated carbocycles. The SMILES string of the molecule is CCC(CCO)NC(=O)COc1cccc(N)c1. The molecular weight excluding hydrogens is 232 g/mol. The number of nitrogen functional groups attached to an aromatic ring is 1. The number of nitrogens with two attached hydrogens (primary N) is 1. The Morgan fingerprint density at radius 1 is 1.56 bits per heavy atom. The third-order valence-corrected chi connectivity index (χ3v) is 2.56. The number of anilines is 1. The molecular formula is C13H20N2O3. The summed E-state index contributed by atoms with van der Waals surface area (Å²) in [5.74, 6) is 0.373. The van der Waals surface area contributed by atoms with Crippen molar-refractivity contribution < 1.29 is 14.6 Å². The Bertz CT molecular complexity index is 382. The zero-order valence-corrected chi connectivity index (χ0v) is 10.6. The van der Waals surface area contributed by atoms with E-state index in [1.165, 1.54) is 0 Å². The molecule has 0 saturated heterocycles. The molecule has 1 rings (SSSR count). The molecule has 5 heteroatoms. The molecule has 1 atom stereocenters. The fraction of sp³-hybridized carbons (Fsp3) is 0.462. The number of ether oxygens (including phenoxy) is 1. The van der Waals surface area contributed by atoms with E-state index in [1.54, 1.807) is 24.3 Å². The van der Waals surface area contributed by atoms with Crippen molar-refractivity contribution >= 4 is 11.6 Å². The van der Waals surface area contributed by atoms with Crippen LogP contribution in [0, 0.1) is 0 Å². The maximum Gasteiger partial charge on any atom is 0.258 e. The summed E-state index contributed by atoms with van der Waals surface area (Å²) in [6.45, 7) is 1.97. The minimum absolute atomic E-state index is 0.00746. The van der Waals surface area contributed by atoms with Gasteiger partial charge in [0.25, 0.3) is 5.91 Å². The number of rotatable bonds is 7. The third kappa shape index (κ3) is 5.05. The van der Waals surface area contributed by atoms with Crippen LogP contribution in [0.5, 0.6) is 5.75 Å². The first kappa shape index (κ1) is 14.3. The molecule has 0 aliphatic carbocycles. The molecule has 0 bridgehead atoms. The number of carbonyl (C=O) groups is 1. The van der Waals surface area contributed by atoms with Crippen LogP contribution in [0.15, 0.2) is 24.3 Å². The first-order valence-electron chi connectivity index (χ1n) is 6.04. The number of benzene rings is 1. The van der Waals surface area contributed by atoms with Gasteiger partial charge in [-0.25, -0.2) is 0 Å². The van der Waals surface area contributed by atoms with E-state index in [-0.39, 0.29) is 25.2 Å². The highest BCUT2D eigenvalue weighted by Crippen LogP contribution is 2.14. The summed E-state index contributed by atoms with van der Waals surface area (Å²) in [6.07, 6.45) is 1.34. The lowest BCUT2D eigenvalue weighted by Gasteiger charge is -2.15. The molecule has 18 heavy (non-hydrogen) atoms. The fourth-order valence-corrected chi connectivity index (χ4v) is 1.56. The van der Waals surface area contributed by atoms with Crippen molar-refractivity contribution in [2.24, 2.45) is 0 Å². The van der Waals surface area contributed by atoms with Gasteiger partial charge in [0.05, 0.1) is 0 Å².